The molecule has 0 bridgehead atoms. The Labute approximate surface area is 96.0 Å². The maximum atomic E-state index is 11.8. The Morgan fingerprint density at radius 1 is 1.44 bits per heavy atom. The monoisotopic (exact) mass is 222 g/mol. The number of carbonyl (C=O) groups excluding carboxylic acids is 1. The number of amides is 1. The van der Waals surface area contributed by atoms with Gasteiger partial charge in [-0.25, -0.2) is 0 Å². The van der Waals surface area contributed by atoms with Crippen molar-refractivity contribution in [2.24, 2.45) is 0 Å². The van der Waals surface area contributed by atoms with Crippen molar-refractivity contribution in [1.29, 1.82) is 0 Å². The number of hydrogen-bond donors (Lipinski definition) is 1. The second-order valence-electron chi connectivity index (χ2n) is 3.50. The molecule has 1 aromatic rings. The van der Waals surface area contributed by atoms with E-state index in [1.54, 1.807) is 30.1 Å². The van der Waals surface area contributed by atoms with Gasteiger partial charge in [-0.05, 0) is 32.0 Å². The Morgan fingerprint density at radius 3 is 2.62 bits per heavy atom. The van der Waals surface area contributed by atoms with Crippen molar-refractivity contribution < 1.29 is 9.53 Å². The highest BCUT2D eigenvalue weighted by molar-refractivity contribution is 5.95. The van der Waals surface area contributed by atoms with Crippen molar-refractivity contribution in [3.63, 3.8) is 0 Å². The zero-order chi connectivity index (χ0) is 12.1. The van der Waals surface area contributed by atoms with Gasteiger partial charge in [-0.1, -0.05) is 0 Å². The third-order valence-electron chi connectivity index (χ3n) is 2.38. The van der Waals surface area contributed by atoms with E-state index in [2.05, 4.69) is 0 Å². The lowest BCUT2D eigenvalue weighted by atomic mass is 10.1. The van der Waals surface area contributed by atoms with Crippen LogP contribution in [0.15, 0.2) is 18.2 Å². The highest BCUT2D eigenvalue weighted by Crippen LogP contribution is 2.22. The van der Waals surface area contributed by atoms with Crippen LogP contribution in [0.3, 0.4) is 0 Å². The number of nitrogens with zero attached hydrogens (tertiary/aromatic N) is 1. The fourth-order valence-electron chi connectivity index (χ4n) is 1.33. The molecule has 1 rings (SSSR count). The topological polar surface area (TPSA) is 55.6 Å². The molecular weight excluding hydrogens is 204 g/mol. The molecule has 4 nitrogen and oxygen atoms in total. The summed E-state index contributed by atoms with van der Waals surface area (Å²) in [4.78, 5) is 13.5. The summed E-state index contributed by atoms with van der Waals surface area (Å²) in [6.07, 6.45) is 0. The van der Waals surface area contributed by atoms with E-state index in [9.17, 15) is 4.79 Å². The van der Waals surface area contributed by atoms with Gasteiger partial charge in [0.25, 0.3) is 5.91 Å². The van der Waals surface area contributed by atoms with Gasteiger partial charge in [0, 0.05) is 19.2 Å². The van der Waals surface area contributed by atoms with E-state index in [0.717, 1.165) is 0 Å². The molecule has 0 atom stereocenters. The standard InChI is InChI=1S/C12H18N2O2/c1-4-14(3)12(15)9-6-7-11(16-5-2)10(13)8-9/h6-8H,4-5,13H2,1-3H3. The lowest BCUT2D eigenvalue weighted by Crippen LogP contribution is -2.26. The van der Waals surface area contributed by atoms with E-state index in [1.165, 1.54) is 0 Å². The van der Waals surface area contributed by atoms with Crippen molar-refractivity contribution in [1.82, 2.24) is 4.90 Å². The van der Waals surface area contributed by atoms with Crippen LogP contribution >= 0.6 is 0 Å². The summed E-state index contributed by atoms with van der Waals surface area (Å²) in [5, 5.41) is 0. The lowest BCUT2D eigenvalue weighted by molar-refractivity contribution is 0.0802. The second kappa shape index (κ2) is 5.39. The minimum absolute atomic E-state index is 0.0303. The number of hydrogen-bond acceptors (Lipinski definition) is 3. The Bertz CT molecular complexity index is 377. The third kappa shape index (κ3) is 2.66. The molecule has 2 N–H and O–H groups in total. The summed E-state index contributed by atoms with van der Waals surface area (Å²) in [7, 11) is 1.76. The van der Waals surface area contributed by atoms with Crippen LogP contribution in [0.1, 0.15) is 24.2 Å². The number of ether oxygens (including phenoxy) is 1. The van der Waals surface area contributed by atoms with Crippen LogP contribution in [-0.4, -0.2) is 31.0 Å². The zero-order valence-electron chi connectivity index (χ0n) is 9.99. The van der Waals surface area contributed by atoms with E-state index in [1.807, 2.05) is 13.8 Å². The van der Waals surface area contributed by atoms with E-state index in [4.69, 9.17) is 10.5 Å². The summed E-state index contributed by atoms with van der Waals surface area (Å²) in [5.41, 5.74) is 6.88. The first kappa shape index (κ1) is 12.4. The number of benzene rings is 1. The van der Waals surface area contributed by atoms with Gasteiger partial charge in [0.05, 0.1) is 12.3 Å². The Kier molecular flexibility index (Phi) is 4.17. The molecule has 16 heavy (non-hydrogen) atoms. The maximum Gasteiger partial charge on any atom is 0.253 e. The van der Waals surface area contributed by atoms with Crippen LogP contribution in [0, 0.1) is 0 Å². The van der Waals surface area contributed by atoms with Crippen molar-refractivity contribution in [2.45, 2.75) is 13.8 Å². The highest BCUT2D eigenvalue weighted by Gasteiger charge is 2.11. The number of rotatable bonds is 4. The molecule has 0 saturated heterocycles. The van der Waals surface area contributed by atoms with Crippen LogP contribution in [0.4, 0.5) is 5.69 Å². The largest absolute Gasteiger partial charge is 0.492 e. The van der Waals surface area contributed by atoms with Crippen LogP contribution in [0.2, 0.25) is 0 Å². The second-order valence-corrected chi connectivity index (χ2v) is 3.50. The molecule has 0 spiro atoms. The molecule has 0 aromatic heterocycles. The first-order valence-corrected chi connectivity index (χ1v) is 5.37. The molecule has 0 unspecified atom stereocenters. The summed E-state index contributed by atoms with van der Waals surface area (Å²) in [6, 6.07) is 5.12. The molecule has 1 amide bonds. The number of nitrogens with two attached hydrogens (primary N) is 1. The van der Waals surface area contributed by atoms with E-state index >= 15 is 0 Å². The Morgan fingerprint density at radius 2 is 2.12 bits per heavy atom. The summed E-state index contributed by atoms with van der Waals surface area (Å²) < 4.78 is 5.31. The molecule has 0 heterocycles. The normalized spacial score (nSPS) is 9.94. The molecule has 0 fully saturated rings. The summed E-state index contributed by atoms with van der Waals surface area (Å²) in [6.45, 7) is 5.05. The molecule has 1 aromatic carbocycles. The predicted molar refractivity (Wildman–Crippen MR) is 64.7 cm³/mol. The van der Waals surface area contributed by atoms with Gasteiger partial charge in [0.1, 0.15) is 5.75 Å². The molecule has 0 aliphatic heterocycles. The number of nitrogen functional groups attached to an aromatic ring is 1. The average molecular weight is 222 g/mol. The average Bonchev–Trinajstić information content (AvgIpc) is 2.30. The van der Waals surface area contributed by atoms with Gasteiger partial charge in [-0.3, -0.25) is 4.79 Å². The summed E-state index contributed by atoms with van der Waals surface area (Å²) >= 11 is 0. The van der Waals surface area contributed by atoms with E-state index in [-0.39, 0.29) is 5.91 Å². The highest BCUT2D eigenvalue weighted by atomic mass is 16.5. The quantitative estimate of drug-likeness (QED) is 0.790. The minimum Gasteiger partial charge on any atom is -0.492 e. The molecule has 88 valence electrons. The van der Waals surface area contributed by atoms with Crippen molar-refractivity contribution >= 4 is 11.6 Å². The van der Waals surface area contributed by atoms with Crippen LogP contribution in [-0.2, 0) is 0 Å². The maximum absolute atomic E-state index is 11.8. The van der Waals surface area contributed by atoms with E-state index in [0.29, 0.717) is 30.2 Å². The SMILES string of the molecule is CCOc1ccc(C(=O)N(C)CC)cc1N. The van der Waals surface area contributed by atoms with Crippen molar-refractivity contribution in [2.75, 3.05) is 25.9 Å². The zero-order valence-corrected chi connectivity index (χ0v) is 9.99. The van der Waals surface area contributed by atoms with Crippen LogP contribution in [0.25, 0.3) is 0 Å². The fraction of sp³-hybridized carbons (Fsp3) is 0.417. The van der Waals surface area contributed by atoms with Gasteiger partial charge in [0.15, 0.2) is 0 Å². The van der Waals surface area contributed by atoms with Gasteiger partial charge in [0.2, 0.25) is 0 Å². The lowest BCUT2D eigenvalue weighted by Gasteiger charge is -2.15. The molecule has 4 heteroatoms. The Balaban J connectivity index is 2.92. The fourth-order valence-corrected chi connectivity index (χ4v) is 1.33. The predicted octanol–water partition coefficient (Wildman–Crippen LogP) is 1.76. The molecule has 0 radical (unpaired) electrons. The van der Waals surface area contributed by atoms with Gasteiger partial charge in [-0.2, -0.15) is 0 Å². The summed E-state index contributed by atoms with van der Waals surface area (Å²) in [5.74, 6) is 0.593. The Hall–Kier alpha value is -1.71. The first-order chi connectivity index (χ1) is 7.60. The van der Waals surface area contributed by atoms with Crippen molar-refractivity contribution in [3.05, 3.63) is 23.8 Å². The van der Waals surface area contributed by atoms with Crippen LogP contribution in [0.5, 0.6) is 5.75 Å². The number of carbonyl (C=O) groups is 1. The first-order valence-electron chi connectivity index (χ1n) is 5.37. The number of anilines is 1. The van der Waals surface area contributed by atoms with Gasteiger partial charge >= 0.3 is 0 Å². The molecule has 0 aliphatic carbocycles. The van der Waals surface area contributed by atoms with E-state index < -0.39 is 0 Å². The van der Waals surface area contributed by atoms with Crippen molar-refractivity contribution in [3.8, 4) is 5.75 Å². The molecule has 0 aliphatic rings. The minimum atomic E-state index is -0.0303. The molecular formula is C12H18N2O2. The van der Waals surface area contributed by atoms with Gasteiger partial charge < -0.3 is 15.4 Å². The smallest absolute Gasteiger partial charge is 0.253 e. The van der Waals surface area contributed by atoms with Gasteiger partial charge in [-0.15, -0.1) is 0 Å². The van der Waals surface area contributed by atoms with Crippen LogP contribution < -0.4 is 10.5 Å². The molecule has 0 saturated carbocycles. The third-order valence-corrected chi connectivity index (χ3v) is 2.38.